The van der Waals surface area contributed by atoms with Crippen LogP contribution in [0.3, 0.4) is 0 Å². The molecule has 0 aromatic rings. The number of nitrogens with one attached hydrogen (secondary N) is 3. The molecule has 136 valence electrons. The van der Waals surface area contributed by atoms with Crippen LogP contribution in [-0.4, -0.2) is 70.8 Å². The first-order valence-corrected chi connectivity index (χ1v) is 7.46. The molecule has 0 spiro atoms. The van der Waals surface area contributed by atoms with Gasteiger partial charge in [-0.2, -0.15) is 12.6 Å². The van der Waals surface area contributed by atoms with E-state index in [1.54, 1.807) is 0 Å². The third-order valence-electron chi connectivity index (χ3n) is 2.73. The third-order valence-corrected chi connectivity index (χ3v) is 3.09. The molecule has 0 aromatic carbocycles. The number of carbonyl (C=O) groups is 5. The number of carboxylic acids is 2. The summed E-state index contributed by atoms with van der Waals surface area (Å²) in [7, 11) is 0. The number of nitrogens with two attached hydrogens (primary N) is 1. The van der Waals surface area contributed by atoms with Crippen LogP contribution >= 0.6 is 12.6 Å². The van der Waals surface area contributed by atoms with Crippen molar-refractivity contribution in [2.75, 3.05) is 18.8 Å². The molecule has 0 aromatic heterocycles. The highest BCUT2D eigenvalue weighted by molar-refractivity contribution is 7.80. The summed E-state index contributed by atoms with van der Waals surface area (Å²) in [6.45, 7) is -0.778. The summed E-state index contributed by atoms with van der Waals surface area (Å²) >= 11 is 3.78. The number of thiol groups is 1. The van der Waals surface area contributed by atoms with Crippen LogP contribution in [0.1, 0.15) is 12.8 Å². The molecule has 2 unspecified atom stereocenters. The highest BCUT2D eigenvalue weighted by Gasteiger charge is 2.26. The van der Waals surface area contributed by atoms with Gasteiger partial charge in [-0.25, -0.2) is 4.79 Å². The Hall–Kier alpha value is -2.34. The number of rotatable bonds is 11. The van der Waals surface area contributed by atoms with Gasteiger partial charge in [0, 0.05) is 12.2 Å². The molecule has 24 heavy (non-hydrogen) atoms. The number of carboxylic acid groups (broad SMARTS) is 2. The zero-order chi connectivity index (χ0) is 18.7. The van der Waals surface area contributed by atoms with Gasteiger partial charge in [0.1, 0.15) is 12.1 Å². The Morgan fingerprint density at radius 2 is 1.62 bits per heavy atom. The van der Waals surface area contributed by atoms with Crippen LogP contribution in [-0.2, 0) is 24.0 Å². The molecule has 2 atom stereocenters. The van der Waals surface area contributed by atoms with Crippen LogP contribution in [0.25, 0.3) is 0 Å². The summed E-state index contributed by atoms with van der Waals surface area (Å²) in [4.78, 5) is 56.2. The van der Waals surface area contributed by atoms with Gasteiger partial charge in [-0.1, -0.05) is 0 Å². The summed E-state index contributed by atoms with van der Waals surface area (Å²) in [5, 5.41) is 24.1. The Balaban J connectivity index is 4.79. The molecule has 0 rings (SSSR count). The maximum Gasteiger partial charge on any atom is 0.327 e. The van der Waals surface area contributed by atoms with Crippen molar-refractivity contribution in [3.05, 3.63) is 0 Å². The lowest BCUT2D eigenvalue weighted by molar-refractivity contribution is -0.142. The van der Waals surface area contributed by atoms with Crippen LogP contribution in [0.4, 0.5) is 0 Å². The van der Waals surface area contributed by atoms with E-state index in [9.17, 15) is 24.0 Å². The Kier molecular flexibility index (Phi) is 10.1. The van der Waals surface area contributed by atoms with E-state index in [-0.39, 0.29) is 18.7 Å². The Morgan fingerprint density at radius 3 is 2.08 bits per heavy atom. The smallest absolute Gasteiger partial charge is 0.327 e. The van der Waals surface area contributed by atoms with Gasteiger partial charge in [-0.05, 0) is 6.42 Å². The average molecular weight is 364 g/mol. The first-order valence-electron chi connectivity index (χ1n) is 6.83. The van der Waals surface area contributed by atoms with Crippen molar-refractivity contribution in [2.45, 2.75) is 24.9 Å². The van der Waals surface area contributed by atoms with Crippen molar-refractivity contribution >= 4 is 42.3 Å². The number of aliphatic carboxylic acids is 2. The van der Waals surface area contributed by atoms with E-state index in [4.69, 9.17) is 15.9 Å². The first-order chi connectivity index (χ1) is 11.2. The van der Waals surface area contributed by atoms with Crippen LogP contribution < -0.4 is 21.7 Å². The molecular formula is C12H20N4O7S. The number of hydrogen-bond acceptors (Lipinski definition) is 7. The minimum atomic E-state index is -1.32. The van der Waals surface area contributed by atoms with E-state index >= 15 is 0 Å². The molecule has 12 heteroatoms. The second-order valence-corrected chi connectivity index (χ2v) is 4.98. The third kappa shape index (κ3) is 8.95. The van der Waals surface area contributed by atoms with E-state index in [2.05, 4.69) is 28.6 Å². The summed E-state index contributed by atoms with van der Waals surface area (Å²) in [5.41, 5.74) is 5.05. The fourth-order valence-electron chi connectivity index (χ4n) is 1.49. The van der Waals surface area contributed by atoms with Crippen molar-refractivity contribution in [3.63, 3.8) is 0 Å². The maximum absolute atomic E-state index is 12.0. The highest BCUT2D eigenvalue weighted by atomic mass is 32.1. The van der Waals surface area contributed by atoms with Crippen molar-refractivity contribution in [2.24, 2.45) is 5.73 Å². The lowest BCUT2D eigenvalue weighted by Gasteiger charge is -2.20. The van der Waals surface area contributed by atoms with Crippen molar-refractivity contribution in [1.82, 2.24) is 16.0 Å². The topological polar surface area (TPSA) is 188 Å². The maximum atomic E-state index is 12.0. The van der Waals surface area contributed by atoms with Gasteiger partial charge in [0.05, 0.1) is 13.1 Å². The predicted molar refractivity (Wildman–Crippen MR) is 84.3 cm³/mol. The second kappa shape index (κ2) is 11.2. The Labute approximate surface area is 142 Å². The molecule has 3 amide bonds. The SMILES string of the molecule is NCC(=O)NCC(=O)NC(CCC(=O)O)C(=O)NC(CS)C(=O)O. The summed E-state index contributed by atoms with van der Waals surface area (Å²) in [6.07, 6.45) is -0.678. The lowest BCUT2D eigenvalue weighted by atomic mass is 10.1. The molecule has 0 aliphatic rings. The van der Waals surface area contributed by atoms with Crippen LogP contribution in [0.2, 0.25) is 0 Å². The monoisotopic (exact) mass is 364 g/mol. The van der Waals surface area contributed by atoms with Gasteiger partial charge >= 0.3 is 11.9 Å². The fraction of sp³-hybridized carbons (Fsp3) is 0.583. The molecule has 7 N–H and O–H groups in total. The molecule has 0 heterocycles. The molecule has 0 fully saturated rings. The zero-order valence-electron chi connectivity index (χ0n) is 12.7. The molecule has 11 nitrogen and oxygen atoms in total. The number of carbonyl (C=O) groups excluding carboxylic acids is 3. The Morgan fingerprint density at radius 1 is 1.00 bits per heavy atom. The molecule has 0 aliphatic carbocycles. The predicted octanol–water partition coefficient (Wildman–Crippen LogP) is -3.09. The summed E-state index contributed by atoms with van der Waals surface area (Å²) < 4.78 is 0. The van der Waals surface area contributed by atoms with Crippen LogP contribution in [0.15, 0.2) is 0 Å². The normalized spacial score (nSPS) is 12.6. The van der Waals surface area contributed by atoms with Gasteiger partial charge < -0.3 is 31.9 Å². The molecule has 0 saturated heterocycles. The number of amides is 3. The van der Waals surface area contributed by atoms with Crippen molar-refractivity contribution < 1.29 is 34.2 Å². The lowest BCUT2D eigenvalue weighted by Crippen LogP contribution is -2.53. The van der Waals surface area contributed by atoms with E-state index in [1.807, 2.05) is 0 Å². The molecule has 0 aliphatic heterocycles. The van der Waals surface area contributed by atoms with E-state index in [1.165, 1.54) is 0 Å². The molecule has 0 bridgehead atoms. The number of hydrogen-bond donors (Lipinski definition) is 7. The van der Waals surface area contributed by atoms with E-state index < -0.39 is 54.7 Å². The van der Waals surface area contributed by atoms with Gasteiger partial charge in [0.2, 0.25) is 17.7 Å². The minimum absolute atomic E-state index is 0.187. The quantitative estimate of drug-likeness (QED) is 0.188. The minimum Gasteiger partial charge on any atom is -0.481 e. The van der Waals surface area contributed by atoms with Gasteiger partial charge in [-0.3, -0.25) is 19.2 Å². The summed E-state index contributed by atoms with van der Waals surface area (Å²) in [5.74, 6) is -4.90. The van der Waals surface area contributed by atoms with Gasteiger partial charge in [-0.15, -0.1) is 0 Å². The average Bonchev–Trinajstić information content (AvgIpc) is 2.53. The standard InChI is InChI=1S/C12H20N4O7S/c13-3-8(17)14-4-9(18)15-6(1-2-10(19)20)11(21)16-7(5-24)12(22)23/h6-7,24H,1-5,13H2,(H,14,17)(H,15,18)(H,16,21)(H,19,20)(H,22,23). The molecule has 0 saturated carbocycles. The highest BCUT2D eigenvalue weighted by Crippen LogP contribution is 2.00. The van der Waals surface area contributed by atoms with Crippen molar-refractivity contribution in [3.8, 4) is 0 Å². The van der Waals surface area contributed by atoms with E-state index in [0.29, 0.717) is 0 Å². The Bertz CT molecular complexity index is 500. The largest absolute Gasteiger partial charge is 0.481 e. The first kappa shape index (κ1) is 21.7. The molecule has 0 radical (unpaired) electrons. The van der Waals surface area contributed by atoms with Crippen molar-refractivity contribution in [1.29, 1.82) is 0 Å². The summed E-state index contributed by atoms with van der Waals surface area (Å²) in [6, 6.07) is -2.56. The fourth-order valence-corrected chi connectivity index (χ4v) is 1.74. The van der Waals surface area contributed by atoms with Gasteiger partial charge in [0.15, 0.2) is 0 Å². The second-order valence-electron chi connectivity index (χ2n) is 4.62. The van der Waals surface area contributed by atoms with Gasteiger partial charge in [0.25, 0.3) is 0 Å². The zero-order valence-corrected chi connectivity index (χ0v) is 13.5. The molecular weight excluding hydrogens is 344 g/mol. The van der Waals surface area contributed by atoms with Crippen LogP contribution in [0, 0.1) is 0 Å². The van der Waals surface area contributed by atoms with Crippen LogP contribution in [0.5, 0.6) is 0 Å². The van der Waals surface area contributed by atoms with E-state index in [0.717, 1.165) is 0 Å².